The highest BCUT2D eigenvalue weighted by Gasteiger charge is 2.09. The van der Waals surface area contributed by atoms with Crippen molar-refractivity contribution < 1.29 is 4.74 Å². The van der Waals surface area contributed by atoms with Gasteiger partial charge < -0.3 is 15.0 Å². The molecule has 1 N–H and O–H groups in total. The molecule has 0 aromatic carbocycles. The van der Waals surface area contributed by atoms with Crippen molar-refractivity contribution in [3.05, 3.63) is 24.0 Å². The summed E-state index contributed by atoms with van der Waals surface area (Å²) in [6.07, 6.45) is 2.91. The number of ether oxygens (including phenoxy) is 1. The summed E-state index contributed by atoms with van der Waals surface area (Å²) >= 11 is 0. The maximum absolute atomic E-state index is 5.08. The summed E-state index contributed by atoms with van der Waals surface area (Å²) in [6, 6.07) is 4.19. The SMILES string of the molecule is COCCCN(C)c1ccnc(CNC(C)(C)C)c1. The highest BCUT2D eigenvalue weighted by atomic mass is 16.5. The lowest BCUT2D eigenvalue weighted by Crippen LogP contribution is -2.35. The summed E-state index contributed by atoms with van der Waals surface area (Å²) in [7, 11) is 3.84. The van der Waals surface area contributed by atoms with Crippen molar-refractivity contribution in [2.45, 2.75) is 39.3 Å². The lowest BCUT2D eigenvalue weighted by Gasteiger charge is -2.22. The molecular weight excluding hydrogens is 238 g/mol. The van der Waals surface area contributed by atoms with Crippen LogP contribution in [0.1, 0.15) is 32.9 Å². The molecule has 0 saturated heterocycles. The number of hydrogen-bond donors (Lipinski definition) is 1. The Morgan fingerprint density at radius 3 is 2.74 bits per heavy atom. The zero-order chi connectivity index (χ0) is 14.3. The molecule has 1 rings (SSSR count). The highest BCUT2D eigenvalue weighted by Crippen LogP contribution is 2.13. The molecule has 1 aromatic rings. The molecule has 0 atom stereocenters. The van der Waals surface area contributed by atoms with Crippen LogP contribution in [0.2, 0.25) is 0 Å². The third kappa shape index (κ3) is 6.55. The minimum Gasteiger partial charge on any atom is -0.385 e. The maximum atomic E-state index is 5.08. The van der Waals surface area contributed by atoms with Crippen LogP contribution < -0.4 is 10.2 Å². The van der Waals surface area contributed by atoms with Crippen molar-refractivity contribution in [3.8, 4) is 0 Å². The van der Waals surface area contributed by atoms with Gasteiger partial charge in [-0.15, -0.1) is 0 Å². The van der Waals surface area contributed by atoms with Crippen LogP contribution >= 0.6 is 0 Å². The van der Waals surface area contributed by atoms with Crippen LogP contribution in [0.4, 0.5) is 5.69 Å². The maximum Gasteiger partial charge on any atom is 0.0562 e. The Morgan fingerprint density at radius 2 is 2.11 bits per heavy atom. The van der Waals surface area contributed by atoms with Gasteiger partial charge in [0.1, 0.15) is 0 Å². The molecule has 0 aliphatic rings. The van der Waals surface area contributed by atoms with Crippen molar-refractivity contribution in [2.75, 3.05) is 32.2 Å². The molecule has 0 fully saturated rings. The molecule has 19 heavy (non-hydrogen) atoms. The van der Waals surface area contributed by atoms with E-state index in [0.29, 0.717) is 0 Å². The lowest BCUT2D eigenvalue weighted by atomic mass is 10.1. The molecule has 108 valence electrons. The Morgan fingerprint density at radius 1 is 1.37 bits per heavy atom. The normalized spacial score (nSPS) is 11.6. The summed E-state index contributed by atoms with van der Waals surface area (Å²) in [4.78, 5) is 6.64. The summed E-state index contributed by atoms with van der Waals surface area (Å²) in [5, 5.41) is 3.46. The van der Waals surface area contributed by atoms with E-state index in [4.69, 9.17) is 4.74 Å². The minimum absolute atomic E-state index is 0.113. The summed E-state index contributed by atoms with van der Waals surface area (Å²) in [6.45, 7) is 9.07. The number of nitrogens with zero attached hydrogens (tertiary/aromatic N) is 2. The molecule has 0 unspecified atom stereocenters. The molecule has 0 aliphatic heterocycles. The van der Waals surface area contributed by atoms with Crippen LogP contribution in [-0.2, 0) is 11.3 Å². The van der Waals surface area contributed by atoms with Gasteiger partial charge in [0.15, 0.2) is 0 Å². The van der Waals surface area contributed by atoms with E-state index in [1.165, 1.54) is 5.69 Å². The van der Waals surface area contributed by atoms with E-state index in [1.54, 1.807) is 7.11 Å². The van der Waals surface area contributed by atoms with Gasteiger partial charge in [0, 0.05) is 51.3 Å². The molecule has 0 aliphatic carbocycles. The largest absolute Gasteiger partial charge is 0.385 e. The molecule has 0 radical (unpaired) electrons. The molecule has 4 heteroatoms. The van der Waals surface area contributed by atoms with E-state index in [2.05, 4.69) is 49.1 Å². The molecule has 1 aromatic heterocycles. The van der Waals surface area contributed by atoms with Gasteiger partial charge in [-0.3, -0.25) is 4.98 Å². The highest BCUT2D eigenvalue weighted by molar-refractivity contribution is 5.45. The number of pyridine rings is 1. The first-order valence-electron chi connectivity index (χ1n) is 6.82. The van der Waals surface area contributed by atoms with E-state index in [9.17, 15) is 0 Å². The summed E-state index contributed by atoms with van der Waals surface area (Å²) in [5.41, 5.74) is 2.39. The summed E-state index contributed by atoms with van der Waals surface area (Å²) in [5.74, 6) is 0. The fourth-order valence-corrected chi connectivity index (χ4v) is 1.73. The van der Waals surface area contributed by atoms with Crippen molar-refractivity contribution in [1.29, 1.82) is 0 Å². The fourth-order valence-electron chi connectivity index (χ4n) is 1.73. The van der Waals surface area contributed by atoms with Crippen molar-refractivity contribution in [2.24, 2.45) is 0 Å². The second kappa shape index (κ2) is 7.46. The van der Waals surface area contributed by atoms with E-state index in [-0.39, 0.29) is 5.54 Å². The molecule has 0 spiro atoms. The monoisotopic (exact) mass is 265 g/mol. The van der Waals surface area contributed by atoms with E-state index < -0.39 is 0 Å². The number of hydrogen-bond acceptors (Lipinski definition) is 4. The van der Waals surface area contributed by atoms with Crippen LogP contribution in [0.15, 0.2) is 18.3 Å². The summed E-state index contributed by atoms with van der Waals surface area (Å²) < 4.78 is 5.08. The zero-order valence-electron chi connectivity index (χ0n) is 12.9. The van der Waals surface area contributed by atoms with E-state index in [0.717, 1.165) is 31.8 Å². The van der Waals surface area contributed by atoms with Crippen molar-refractivity contribution in [3.63, 3.8) is 0 Å². The van der Waals surface area contributed by atoms with Gasteiger partial charge in [0.2, 0.25) is 0 Å². The number of rotatable bonds is 7. The van der Waals surface area contributed by atoms with E-state index >= 15 is 0 Å². The second-order valence-electron chi connectivity index (χ2n) is 5.88. The van der Waals surface area contributed by atoms with Gasteiger partial charge >= 0.3 is 0 Å². The van der Waals surface area contributed by atoms with Crippen LogP contribution in [-0.4, -0.2) is 37.8 Å². The first-order chi connectivity index (χ1) is 8.92. The Balaban J connectivity index is 2.56. The Hall–Kier alpha value is -1.13. The smallest absolute Gasteiger partial charge is 0.0562 e. The number of methoxy groups -OCH3 is 1. The molecule has 0 saturated carbocycles. The van der Waals surface area contributed by atoms with Crippen molar-refractivity contribution in [1.82, 2.24) is 10.3 Å². The molecular formula is C15H27N3O. The second-order valence-corrected chi connectivity index (χ2v) is 5.88. The number of anilines is 1. The van der Waals surface area contributed by atoms with Crippen molar-refractivity contribution >= 4 is 5.69 Å². The third-order valence-electron chi connectivity index (χ3n) is 2.88. The van der Waals surface area contributed by atoms with Crippen LogP contribution in [0.25, 0.3) is 0 Å². The quantitative estimate of drug-likeness (QED) is 0.768. The average molecular weight is 265 g/mol. The van der Waals surface area contributed by atoms with Gasteiger partial charge in [0.25, 0.3) is 0 Å². The number of aromatic nitrogens is 1. The third-order valence-corrected chi connectivity index (χ3v) is 2.88. The Kier molecular flexibility index (Phi) is 6.25. The van der Waals surface area contributed by atoms with Gasteiger partial charge in [0.05, 0.1) is 5.69 Å². The molecule has 1 heterocycles. The first kappa shape index (κ1) is 15.9. The van der Waals surface area contributed by atoms with E-state index in [1.807, 2.05) is 12.3 Å². The van der Waals surface area contributed by atoms with Gasteiger partial charge in [-0.2, -0.15) is 0 Å². The predicted octanol–water partition coefficient (Wildman–Crippen LogP) is 2.44. The van der Waals surface area contributed by atoms with Crippen LogP contribution in [0.5, 0.6) is 0 Å². The molecule has 4 nitrogen and oxygen atoms in total. The Labute approximate surface area is 117 Å². The first-order valence-corrected chi connectivity index (χ1v) is 6.82. The zero-order valence-corrected chi connectivity index (χ0v) is 12.9. The predicted molar refractivity (Wildman–Crippen MR) is 80.6 cm³/mol. The molecule has 0 amide bonds. The van der Waals surface area contributed by atoms with Gasteiger partial charge in [-0.05, 0) is 39.3 Å². The van der Waals surface area contributed by atoms with Crippen LogP contribution in [0.3, 0.4) is 0 Å². The Bertz CT molecular complexity index is 374. The standard InChI is InChI=1S/C15H27N3O/c1-15(2,3)17-12-13-11-14(7-8-16-13)18(4)9-6-10-19-5/h7-8,11,17H,6,9-10,12H2,1-5H3. The molecule has 0 bridgehead atoms. The fraction of sp³-hybridized carbons (Fsp3) is 0.667. The average Bonchev–Trinajstić information content (AvgIpc) is 2.36. The van der Waals surface area contributed by atoms with Gasteiger partial charge in [-0.1, -0.05) is 0 Å². The lowest BCUT2D eigenvalue weighted by molar-refractivity contribution is 0.196. The topological polar surface area (TPSA) is 37.4 Å². The minimum atomic E-state index is 0.113. The van der Waals surface area contributed by atoms with Crippen LogP contribution in [0, 0.1) is 0 Å². The van der Waals surface area contributed by atoms with Gasteiger partial charge in [-0.25, -0.2) is 0 Å². The number of nitrogens with one attached hydrogen (secondary N) is 1.